The van der Waals surface area contributed by atoms with Crippen molar-refractivity contribution < 1.29 is 19.2 Å². The van der Waals surface area contributed by atoms with Crippen molar-refractivity contribution in [1.29, 1.82) is 0 Å². The topological polar surface area (TPSA) is 95.6 Å². The number of anilines is 1. The number of fused-ring (bicyclic) bond motifs is 2. The van der Waals surface area contributed by atoms with Crippen molar-refractivity contribution in [3.63, 3.8) is 0 Å². The Morgan fingerprint density at radius 3 is 2.35 bits per heavy atom. The Morgan fingerprint density at radius 2 is 1.57 bits per heavy atom. The zero-order valence-electron chi connectivity index (χ0n) is 22.6. The smallest absolute Gasteiger partial charge is 0.261 e. The van der Waals surface area contributed by atoms with E-state index in [1.54, 1.807) is 24.3 Å². The van der Waals surface area contributed by atoms with E-state index in [-0.39, 0.29) is 48.2 Å². The number of imide groups is 1. The molecule has 4 aromatic rings. The highest BCUT2D eigenvalue weighted by Gasteiger charge is 2.38. The fourth-order valence-corrected chi connectivity index (χ4v) is 5.16. The zero-order valence-corrected chi connectivity index (χ0v) is 22.6. The molecule has 0 bridgehead atoms. The summed E-state index contributed by atoms with van der Waals surface area (Å²) in [5, 5.41) is 7.96. The zero-order chi connectivity index (χ0) is 28.2. The first kappa shape index (κ1) is 26.8. The quantitative estimate of drug-likeness (QED) is 0.268. The second kappa shape index (κ2) is 11.5. The summed E-state index contributed by atoms with van der Waals surface area (Å²) < 4.78 is 0. The first-order valence-corrected chi connectivity index (χ1v) is 13.5. The molecular formula is C33H31N3O4. The van der Waals surface area contributed by atoms with Gasteiger partial charge < -0.3 is 10.6 Å². The number of amides is 4. The molecule has 202 valence electrons. The molecule has 1 aliphatic rings. The van der Waals surface area contributed by atoms with Gasteiger partial charge in [-0.05, 0) is 65.6 Å². The monoisotopic (exact) mass is 533 g/mol. The Balaban J connectivity index is 1.17. The van der Waals surface area contributed by atoms with Crippen LogP contribution in [0.25, 0.3) is 10.8 Å². The average molecular weight is 534 g/mol. The minimum atomic E-state index is -0.353. The highest BCUT2D eigenvalue weighted by molar-refractivity contribution is 6.22. The maximum absolute atomic E-state index is 12.9. The summed E-state index contributed by atoms with van der Waals surface area (Å²) in [4.78, 5) is 52.4. The van der Waals surface area contributed by atoms with Crippen LogP contribution in [0.1, 0.15) is 68.9 Å². The highest BCUT2D eigenvalue weighted by Crippen LogP contribution is 2.27. The first-order valence-electron chi connectivity index (χ1n) is 13.5. The van der Waals surface area contributed by atoms with Crippen molar-refractivity contribution >= 4 is 40.1 Å². The van der Waals surface area contributed by atoms with Crippen molar-refractivity contribution in [2.24, 2.45) is 0 Å². The molecule has 7 nitrogen and oxygen atoms in total. The van der Waals surface area contributed by atoms with E-state index in [0.717, 1.165) is 34.7 Å². The molecule has 1 unspecified atom stereocenters. The van der Waals surface area contributed by atoms with Crippen molar-refractivity contribution in [1.82, 2.24) is 10.2 Å². The number of rotatable bonds is 9. The summed E-state index contributed by atoms with van der Waals surface area (Å²) in [7, 11) is 0. The third-order valence-corrected chi connectivity index (χ3v) is 7.25. The van der Waals surface area contributed by atoms with Crippen molar-refractivity contribution in [2.45, 2.75) is 45.7 Å². The van der Waals surface area contributed by atoms with E-state index in [1.807, 2.05) is 68.4 Å². The molecule has 0 radical (unpaired) electrons. The number of hydrogen-bond donors (Lipinski definition) is 2. The fraction of sp³-hybridized carbons (Fsp3) is 0.212. The molecule has 0 saturated carbocycles. The summed E-state index contributed by atoms with van der Waals surface area (Å²) in [5.41, 5.74) is 3.42. The summed E-state index contributed by atoms with van der Waals surface area (Å²) in [6, 6.07) is 25.6. The number of carbonyl (C=O) groups is 4. The Morgan fingerprint density at radius 1 is 0.850 bits per heavy atom. The van der Waals surface area contributed by atoms with Crippen LogP contribution in [0, 0.1) is 0 Å². The predicted molar refractivity (Wildman–Crippen MR) is 155 cm³/mol. The molecule has 0 aliphatic carbocycles. The lowest BCUT2D eigenvalue weighted by atomic mass is 10.0. The second-order valence-electron chi connectivity index (χ2n) is 10.1. The van der Waals surface area contributed by atoms with Gasteiger partial charge in [-0.2, -0.15) is 0 Å². The molecule has 5 rings (SSSR count). The van der Waals surface area contributed by atoms with Crippen molar-refractivity contribution in [3.8, 4) is 0 Å². The first-order chi connectivity index (χ1) is 19.4. The Labute approximate surface area is 233 Å². The Kier molecular flexibility index (Phi) is 7.73. The largest absolute Gasteiger partial charge is 0.348 e. The summed E-state index contributed by atoms with van der Waals surface area (Å²) in [6.07, 6.45) is 1.86. The normalized spacial score (nSPS) is 13.3. The fourth-order valence-electron chi connectivity index (χ4n) is 5.16. The van der Waals surface area contributed by atoms with E-state index in [0.29, 0.717) is 16.8 Å². The van der Waals surface area contributed by atoms with Gasteiger partial charge in [-0.15, -0.1) is 0 Å². The lowest BCUT2D eigenvalue weighted by molar-refractivity contribution is -0.115. The molecule has 0 spiro atoms. The third kappa shape index (κ3) is 5.50. The maximum atomic E-state index is 12.9. The van der Waals surface area contributed by atoms with Crippen LogP contribution in [-0.4, -0.2) is 34.6 Å². The van der Waals surface area contributed by atoms with Crippen LogP contribution >= 0.6 is 0 Å². The number of benzene rings is 4. The van der Waals surface area contributed by atoms with Crippen LogP contribution in [0.15, 0.2) is 84.9 Å². The highest BCUT2D eigenvalue weighted by atomic mass is 16.2. The van der Waals surface area contributed by atoms with Crippen LogP contribution in [0.4, 0.5) is 5.69 Å². The van der Waals surface area contributed by atoms with Gasteiger partial charge in [0, 0.05) is 23.8 Å². The molecule has 0 aromatic heterocycles. The van der Waals surface area contributed by atoms with Gasteiger partial charge in [-0.25, -0.2) is 0 Å². The molecule has 0 fully saturated rings. The van der Waals surface area contributed by atoms with E-state index >= 15 is 0 Å². The number of carbonyl (C=O) groups excluding carboxylic acids is 4. The predicted octanol–water partition coefficient (Wildman–Crippen LogP) is 5.74. The van der Waals surface area contributed by atoms with Gasteiger partial charge in [-0.1, -0.05) is 67.9 Å². The van der Waals surface area contributed by atoms with Crippen LogP contribution in [0.5, 0.6) is 0 Å². The van der Waals surface area contributed by atoms with Gasteiger partial charge in [-0.3, -0.25) is 24.1 Å². The van der Waals surface area contributed by atoms with Gasteiger partial charge in [0.05, 0.1) is 17.5 Å². The molecule has 40 heavy (non-hydrogen) atoms. The van der Waals surface area contributed by atoms with E-state index in [9.17, 15) is 19.2 Å². The summed E-state index contributed by atoms with van der Waals surface area (Å²) in [6.45, 7) is 4.14. The van der Waals surface area contributed by atoms with E-state index in [4.69, 9.17) is 0 Å². The molecule has 7 heteroatoms. The minimum Gasteiger partial charge on any atom is -0.348 e. The SMILES string of the molecule is CCCC(C)N1C(=O)c2ccc(C(=O)NCc3ccc(NC(=O)Cc4cccc5ccccc45)cc3)cc2C1=O. The van der Waals surface area contributed by atoms with E-state index in [1.165, 1.54) is 11.0 Å². The van der Waals surface area contributed by atoms with Gasteiger partial charge in [0.15, 0.2) is 0 Å². The Hall–Kier alpha value is -4.78. The Bertz CT molecular complexity index is 1600. The van der Waals surface area contributed by atoms with Crippen LogP contribution in [0.2, 0.25) is 0 Å². The molecule has 0 saturated heterocycles. The number of nitrogens with zero attached hydrogens (tertiary/aromatic N) is 1. The number of hydrogen-bond acceptors (Lipinski definition) is 4. The number of nitrogens with one attached hydrogen (secondary N) is 2. The minimum absolute atomic E-state index is 0.107. The summed E-state index contributed by atoms with van der Waals surface area (Å²) in [5.74, 6) is -1.11. The molecule has 1 aliphatic heterocycles. The van der Waals surface area contributed by atoms with Crippen LogP contribution in [0.3, 0.4) is 0 Å². The van der Waals surface area contributed by atoms with E-state index in [2.05, 4.69) is 10.6 Å². The van der Waals surface area contributed by atoms with Crippen molar-refractivity contribution in [2.75, 3.05) is 5.32 Å². The van der Waals surface area contributed by atoms with Gasteiger partial charge >= 0.3 is 0 Å². The molecular weight excluding hydrogens is 502 g/mol. The van der Waals surface area contributed by atoms with Crippen molar-refractivity contribution in [3.05, 3.63) is 113 Å². The lowest BCUT2D eigenvalue weighted by Crippen LogP contribution is -2.37. The molecule has 2 N–H and O–H groups in total. The van der Waals surface area contributed by atoms with Crippen LogP contribution in [-0.2, 0) is 17.8 Å². The standard InChI is InChI=1S/C33H31N3O4/c1-3-7-21(2)36-32(39)28-17-14-25(18-29(28)33(36)40)31(38)34-20-22-12-15-26(16-13-22)35-30(37)19-24-10-6-9-23-8-4-5-11-27(23)24/h4-6,8-18,21H,3,7,19-20H2,1-2H3,(H,34,38)(H,35,37). The van der Waals surface area contributed by atoms with E-state index < -0.39 is 0 Å². The maximum Gasteiger partial charge on any atom is 0.261 e. The summed E-state index contributed by atoms with van der Waals surface area (Å²) >= 11 is 0. The molecule has 1 heterocycles. The second-order valence-corrected chi connectivity index (χ2v) is 10.1. The molecule has 1 atom stereocenters. The van der Waals surface area contributed by atoms with Gasteiger partial charge in [0.1, 0.15) is 0 Å². The molecule has 4 amide bonds. The lowest BCUT2D eigenvalue weighted by Gasteiger charge is -2.21. The van der Waals surface area contributed by atoms with Gasteiger partial charge in [0.2, 0.25) is 5.91 Å². The van der Waals surface area contributed by atoms with Gasteiger partial charge in [0.25, 0.3) is 17.7 Å². The molecule has 4 aromatic carbocycles. The van der Waals surface area contributed by atoms with Crippen LogP contribution < -0.4 is 10.6 Å². The third-order valence-electron chi connectivity index (χ3n) is 7.25. The average Bonchev–Trinajstić information content (AvgIpc) is 3.21.